The van der Waals surface area contributed by atoms with Gasteiger partial charge in [0.15, 0.2) is 0 Å². The molecule has 0 aromatic carbocycles. The van der Waals surface area contributed by atoms with E-state index in [1.165, 1.54) is 25.9 Å². The molecule has 15 heavy (non-hydrogen) atoms. The Morgan fingerprint density at radius 2 is 0.867 bits per heavy atom. The molecular formula is C10H26Cl2MgN2. The molecule has 0 saturated heterocycles. The maximum Gasteiger partial charge on any atom is 2.00 e. The van der Waals surface area contributed by atoms with E-state index >= 15 is 0 Å². The van der Waals surface area contributed by atoms with Gasteiger partial charge in [-0.3, -0.25) is 0 Å². The van der Waals surface area contributed by atoms with Crippen LogP contribution >= 0.6 is 0 Å². The summed E-state index contributed by atoms with van der Waals surface area (Å²) in [5, 5.41) is 0. The molecule has 0 amide bonds. The van der Waals surface area contributed by atoms with Crippen LogP contribution in [-0.4, -0.2) is 74.1 Å². The van der Waals surface area contributed by atoms with Gasteiger partial charge in [-0.25, -0.2) is 0 Å². The number of nitrogens with zero attached hydrogens (tertiary/aromatic N) is 2. The third-order valence-electron chi connectivity index (χ3n) is 1.34. The molecule has 0 aromatic rings. The van der Waals surface area contributed by atoms with Crippen LogP contribution < -0.4 is 24.8 Å². The Bertz CT molecular complexity index is 73.8. The normalized spacial score (nSPS) is 8.00. The van der Waals surface area contributed by atoms with Crippen molar-refractivity contribution in [3.63, 3.8) is 0 Å². The summed E-state index contributed by atoms with van der Waals surface area (Å²) in [6.07, 6.45) is 2.51. The standard InChI is InChI=1S/2C5H13N.2ClH.Mg/c2*1-4-5-6(2)3;;;/h2*4-5H2,1-3H3;2*1H;/q;;;;+2/p-2. The van der Waals surface area contributed by atoms with E-state index in [9.17, 15) is 0 Å². The van der Waals surface area contributed by atoms with E-state index in [-0.39, 0.29) is 47.9 Å². The summed E-state index contributed by atoms with van der Waals surface area (Å²) in [7, 11) is 8.35. The van der Waals surface area contributed by atoms with Crippen LogP contribution in [-0.2, 0) is 0 Å². The first-order valence-electron chi connectivity index (χ1n) is 4.84. The van der Waals surface area contributed by atoms with Crippen molar-refractivity contribution >= 4 is 23.1 Å². The van der Waals surface area contributed by atoms with Crippen molar-refractivity contribution in [2.75, 3.05) is 41.3 Å². The molecular weight excluding hydrogens is 243 g/mol. The summed E-state index contributed by atoms with van der Waals surface area (Å²) in [6.45, 7) is 6.78. The van der Waals surface area contributed by atoms with E-state index < -0.39 is 0 Å². The van der Waals surface area contributed by atoms with E-state index in [4.69, 9.17) is 0 Å². The van der Waals surface area contributed by atoms with Gasteiger partial charge in [0.1, 0.15) is 0 Å². The number of halogens is 2. The van der Waals surface area contributed by atoms with E-state index in [0.29, 0.717) is 0 Å². The Morgan fingerprint density at radius 1 is 0.667 bits per heavy atom. The van der Waals surface area contributed by atoms with E-state index in [2.05, 4.69) is 51.8 Å². The van der Waals surface area contributed by atoms with Crippen molar-refractivity contribution in [1.82, 2.24) is 9.80 Å². The van der Waals surface area contributed by atoms with Gasteiger partial charge >= 0.3 is 23.1 Å². The van der Waals surface area contributed by atoms with Crippen LogP contribution in [0.15, 0.2) is 0 Å². The Balaban J connectivity index is -0.0000000370. The fourth-order valence-corrected chi connectivity index (χ4v) is 0.894. The molecule has 0 aliphatic rings. The van der Waals surface area contributed by atoms with Gasteiger partial charge in [0.05, 0.1) is 0 Å². The van der Waals surface area contributed by atoms with Crippen LogP contribution in [0, 0.1) is 0 Å². The van der Waals surface area contributed by atoms with Crippen molar-refractivity contribution in [3.8, 4) is 0 Å². The molecule has 2 nitrogen and oxygen atoms in total. The van der Waals surface area contributed by atoms with Crippen molar-refractivity contribution in [1.29, 1.82) is 0 Å². The number of hydrogen-bond donors (Lipinski definition) is 0. The van der Waals surface area contributed by atoms with Crippen LogP contribution in [0.25, 0.3) is 0 Å². The summed E-state index contributed by atoms with van der Waals surface area (Å²) in [5.41, 5.74) is 0. The van der Waals surface area contributed by atoms with Crippen LogP contribution in [0.5, 0.6) is 0 Å². The first-order valence-corrected chi connectivity index (χ1v) is 4.84. The summed E-state index contributed by atoms with van der Waals surface area (Å²) in [6, 6.07) is 0. The average Bonchev–Trinajstić information content (AvgIpc) is 1.87. The van der Waals surface area contributed by atoms with Gasteiger partial charge in [-0.1, -0.05) is 13.8 Å². The zero-order chi connectivity index (χ0) is 9.98. The Kier molecular flexibility index (Phi) is 48.7. The van der Waals surface area contributed by atoms with E-state index in [1.807, 2.05) is 0 Å². The topological polar surface area (TPSA) is 6.48 Å². The SMILES string of the molecule is CCCN(C)C.CCCN(C)C.[Cl-].[Cl-].[Mg+2]. The van der Waals surface area contributed by atoms with Gasteiger partial charge in [0, 0.05) is 0 Å². The first-order chi connectivity index (χ1) is 5.54. The van der Waals surface area contributed by atoms with Gasteiger partial charge in [0.25, 0.3) is 0 Å². The molecule has 5 heteroatoms. The van der Waals surface area contributed by atoms with E-state index in [1.54, 1.807) is 0 Å². The molecule has 92 valence electrons. The molecule has 0 atom stereocenters. The molecule has 0 saturated carbocycles. The van der Waals surface area contributed by atoms with Crippen LogP contribution in [0.1, 0.15) is 26.7 Å². The molecule has 0 rings (SSSR count). The predicted molar refractivity (Wildman–Crippen MR) is 63.4 cm³/mol. The smallest absolute Gasteiger partial charge is 1.00 e. The summed E-state index contributed by atoms with van der Waals surface area (Å²) >= 11 is 0. The second-order valence-corrected chi connectivity index (χ2v) is 3.61. The van der Waals surface area contributed by atoms with Gasteiger partial charge < -0.3 is 34.6 Å². The molecule has 0 aromatic heterocycles. The second-order valence-electron chi connectivity index (χ2n) is 3.61. The zero-order valence-electron chi connectivity index (χ0n) is 11.2. The minimum absolute atomic E-state index is 0. The molecule has 0 fully saturated rings. The fraction of sp³-hybridized carbons (Fsp3) is 1.00. The van der Waals surface area contributed by atoms with Crippen molar-refractivity contribution in [3.05, 3.63) is 0 Å². The first kappa shape index (κ1) is 29.9. The number of hydrogen-bond acceptors (Lipinski definition) is 2. The maximum atomic E-state index is 2.18. The van der Waals surface area contributed by atoms with Crippen LogP contribution in [0.2, 0.25) is 0 Å². The minimum Gasteiger partial charge on any atom is -1.00 e. The quantitative estimate of drug-likeness (QED) is 0.475. The maximum absolute atomic E-state index is 2.18. The molecule has 0 aliphatic carbocycles. The number of rotatable bonds is 4. The monoisotopic (exact) mass is 268 g/mol. The average molecular weight is 270 g/mol. The van der Waals surface area contributed by atoms with E-state index in [0.717, 1.165) is 0 Å². The van der Waals surface area contributed by atoms with Crippen LogP contribution in [0.4, 0.5) is 0 Å². The molecule has 0 spiro atoms. The summed E-state index contributed by atoms with van der Waals surface area (Å²) in [5.74, 6) is 0. The van der Waals surface area contributed by atoms with Gasteiger partial charge in [-0.2, -0.15) is 0 Å². The van der Waals surface area contributed by atoms with Gasteiger partial charge in [0.2, 0.25) is 0 Å². The molecule has 0 heterocycles. The Morgan fingerprint density at radius 3 is 0.867 bits per heavy atom. The summed E-state index contributed by atoms with van der Waals surface area (Å²) in [4.78, 5) is 4.36. The van der Waals surface area contributed by atoms with Gasteiger partial charge in [-0.15, -0.1) is 0 Å². The van der Waals surface area contributed by atoms with Crippen molar-refractivity contribution in [2.24, 2.45) is 0 Å². The Hall–Kier alpha value is 1.27. The largest absolute Gasteiger partial charge is 2.00 e. The fourth-order valence-electron chi connectivity index (χ4n) is 0.894. The molecule has 0 bridgehead atoms. The summed E-state index contributed by atoms with van der Waals surface area (Å²) < 4.78 is 0. The Labute approximate surface area is 125 Å². The van der Waals surface area contributed by atoms with Crippen molar-refractivity contribution in [2.45, 2.75) is 26.7 Å². The van der Waals surface area contributed by atoms with Crippen LogP contribution in [0.3, 0.4) is 0 Å². The third-order valence-corrected chi connectivity index (χ3v) is 1.34. The zero-order valence-corrected chi connectivity index (χ0v) is 14.1. The molecule has 0 radical (unpaired) electrons. The molecule has 0 aliphatic heterocycles. The second kappa shape index (κ2) is 24.5. The predicted octanol–water partition coefficient (Wildman–Crippen LogP) is -4.46. The van der Waals surface area contributed by atoms with Gasteiger partial charge in [-0.05, 0) is 54.1 Å². The van der Waals surface area contributed by atoms with Crippen molar-refractivity contribution < 1.29 is 24.8 Å². The minimum atomic E-state index is 0. The third kappa shape index (κ3) is 50.9. The molecule has 0 unspecified atom stereocenters. The molecule has 0 N–H and O–H groups in total.